The van der Waals surface area contributed by atoms with Gasteiger partial charge in [-0.2, -0.15) is 0 Å². The molecule has 0 heterocycles. The van der Waals surface area contributed by atoms with Crippen LogP contribution in [0.15, 0.2) is 145 Å². The number of aryl methyl sites for hydroxylation is 1. The zero-order valence-corrected chi connectivity index (χ0v) is 23.2. The zero-order valence-electron chi connectivity index (χ0n) is 23.2. The van der Waals surface area contributed by atoms with Crippen molar-refractivity contribution in [3.8, 4) is 0 Å². The maximum atomic E-state index is 4.43. The molecule has 194 valence electrons. The maximum absolute atomic E-state index is 4.43. The minimum atomic E-state index is 0.206. The summed E-state index contributed by atoms with van der Waals surface area (Å²) in [6, 6.07) is 30.7. The van der Waals surface area contributed by atoms with Gasteiger partial charge in [-0.05, 0) is 66.9 Å². The molecule has 3 unspecified atom stereocenters. The molecular weight excluding hydrogens is 456 g/mol. The second-order valence-electron chi connectivity index (χ2n) is 10.8. The second kappa shape index (κ2) is 13.2. The van der Waals surface area contributed by atoms with Gasteiger partial charge in [0.15, 0.2) is 0 Å². The Bertz CT molecular complexity index is 1290. The molecule has 0 amide bonds. The van der Waals surface area contributed by atoms with Crippen molar-refractivity contribution >= 4 is 0 Å². The average Bonchev–Trinajstić information content (AvgIpc) is 3.37. The Kier molecular flexibility index (Phi) is 9.55. The fourth-order valence-electron chi connectivity index (χ4n) is 5.68. The van der Waals surface area contributed by atoms with Gasteiger partial charge in [-0.15, -0.1) is 0 Å². The summed E-state index contributed by atoms with van der Waals surface area (Å²) in [7, 11) is 0. The molecule has 38 heavy (non-hydrogen) atoms. The molecule has 0 saturated carbocycles. The molecule has 0 heteroatoms. The molecule has 0 fully saturated rings. The Labute approximate surface area is 230 Å². The quantitative estimate of drug-likeness (QED) is 0.218. The van der Waals surface area contributed by atoms with Crippen LogP contribution in [0.2, 0.25) is 0 Å². The summed E-state index contributed by atoms with van der Waals surface area (Å²) in [5.41, 5.74) is 10.5. The van der Waals surface area contributed by atoms with E-state index in [1.54, 1.807) is 0 Å². The second-order valence-corrected chi connectivity index (χ2v) is 10.8. The van der Waals surface area contributed by atoms with Gasteiger partial charge in [-0.25, -0.2) is 0 Å². The zero-order chi connectivity index (χ0) is 26.9. The predicted octanol–water partition coefficient (Wildman–Crippen LogP) is 10.6. The summed E-state index contributed by atoms with van der Waals surface area (Å²) in [6.07, 6.45) is 12.1. The van der Waals surface area contributed by atoms with Crippen LogP contribution in [0.4, 0.5) is 0 Å². The van der Waals surface area contributed by atoms with Gasteiger partial charge in [0.2, 0.25) is 0 Å². The number of hydrogen-bond acceptors (Lipinski definition) is 0. The minimum Gasteiger partial charge on any atom is -0.0995 e. The van der Waals surface area contributed by atoms with Crippen molar-refractivity contribution in [1.82, 2.24) is 0 Å². The number of allylic oxidation sites excluding steroid dienone is 7. The Balaban J connectivity index is 1.40. The van der Waals surface area contributed by atoms with E-state index in [0.29, 0.717) is 11.8 Å². The highest BCUT2D eigenvalue weighted by molar-refractivity contribution is 5.44. The highest BCUT2D eigenvalue weighted by Gasteiger charge is 2.27. The third kappa shape index (κ3) is 7.01. The van der Waals surface area contributed by atoms with Crippen molar-refractivity contribution < 1.29 is 0 Å². The van der Waals surface area contributed by atoms with E-state index in [2.05, 4.69) is 137 Å². The van der Waals surface area contributed by atoms with Crippen LogP contribution in [0, 0.1) is 0 Å². The van der Waals surface area contributed by atoms with Gasteiger partial charge >= 0.3 is 0 Å². The average molecular weight is 499 g/mol. The highest BCUT2D eigenvalue weighted by Crippen LogP contribution is 2.43. The van der Waals surface area contributed by atoms with E-state index in [9.17, 15) is 0 Å². The molecule has 0 nitrogen and oxygen atoms in total. The normalized spacial score (nSPS) is 17.8. The lowest BCUT2D eigenvalue weighted by Crippen LogP contribution is -2.03. The molecule has 1 aliphatic rings. The molecule has 1 aliphatic carbocycles. The van der Waals surface area contributed by atoms with E-state index >= 15 is 0 Å². The smallest absolute Gasteiger partial charge is 0.0249 e. The fraction of sp³-hybridized carbons (Fsp3) is 0.263. The number of hydrogen-bond donors (Lipinski definition) is 0. The van der Waals surface area contributed by atoms with Gasteiger partial charge in [0, 0.05) is 17.8 Å². The van der Waals surface area contributed by atoms with Crippen molar-refractivity contribution in [2.75, 3.05) is 0 Å². The largest absolute Gasteiger partial charge is 0.0995 e. The van der Waals surface area contributed by atoms with Gasteiger partial charge in [-0.1, -0.05) is 147 Å². The lowest BCUT2D eigenvalue weighted by Gasteiger charge is -2.21. The molecule has 0 aliphatic heterocycles. The SMILES string of the molecule is C=C(C/C=C/C1=CC(c2ccccc2)CC1c1ccc(CC)cc1)CCC(=C)C(C(=C)C)c1ccccc1. The van der Waals surface area contributed by atoms with Crippen molar-refractivity contribution in [2.24, 2.45) is 0 Å². The molecule has 3 aromatic rings. The molecule has 3 atom stereocenters. The summed E-state index contributed by atoms with van der Waals surface area (Å²) in [5.74, 6) is 1.09. The first-order chi connectivity index (χ1) is 18.5. The first-order valence-corrected chi connectivity index (χ1v) is 14.0. The lowest BCUT2D eigenvalue weighted by molar-refractivity contribution is 0.712. The number of rotatable bonds is 12. The Hall–Kier alpha value is -3.64. The first kappa shape index (κ1) is 27.4. The molecule has 0 spiro atoms. The van der Waals surface area contributed by atoms with Crippen LogP contribution >= 0.6 is 0 Å². The van der Waals surface area contributed by atoms with E-state index < -0.39 is 0 Å². The monoisotopic (exact) mass is 498 g/mol. The van der Waals surface area contributed by atoms with E-state index in [-0.39, 0.29) is 5.92 Å². The van der Waals surface area contributed by atoms with Crippen LogP contribution in [0.1, 0.15) is 79.5 Å². The van der Waals surface area contributed by atoms with Crippen LogP contribution in [0.5, 0.6) is 0 Å². The van der Waals surface area contributed by atoms with E-state index in [4.69, 9.17) is 0 Å². The van der Waals surface area contributed by atoms with Crippen LogP contribution in [0.25, 0.3) is 0 Å². The van der Waals surface area contributed by atoms with Gasteiger partial charge in [-0.3, -0.25) is 0 Å². The van der Waals surface area contributed by atoms with Crippen LogP contribution in [-0.2, 0) is 6.42 Å². The number of benzene rings is 3. The van der Waals surface area contributed by atoms with Crippen LogP contribution in [-0.4, -0.2) is 0 Å². The van der Waals surface area contributed by atoms with Gasteiger partial charge < -0.3 is 0 Å². The van der Waals surface area contributed by atoms with Gasteiger partial charge in [0.05, 0.1) is 0 Å². The summed E-state index contributed by atoms with van der Waals surface area (Å²) in [4.78, 5) is 0. The summed E-state index contributed by atoms with van der Waals surface area (Å²) in [6.45, 7) is 17.4. The van der Waals surface area contributed by atoms with Crippen LogP contribution < -0.4 is 0 Å². The highest BCUT2D eigenvalue weighted by atomic mass is 14.3. The molecular formula is C38H42. The molecule has 0 saturated heterocycles. The standard InChI is InChI=1S/C38H42/c1-6-31-22-24-33(25-23-31)37-27-36(32-15-9-7-10-16-32)26-35(37)19-13-14-29(4)20-21-30(5)38(28(2)3)34-17-11-8-12-18-34/h7-13,15-19,22-26,36-38H,2,4-6,14,20-21,27H2,1,3H3/b19-13+. The molecule has 0 radical (unpaired) electrons. The third-order valence-electron chi connectivity index (χ3n) is 7.85. The van der Waals surface area contributed by atoms with Gasteiger partial charge in [0.1, 0.15) is 0 Å². The maximum Gasteiger partial charge on any atom is 0.0249 e. The molecule has 0 N–H and O–H groups in total. The molecule has 0 bridgehead atoms. The third-order valence-corrected chi connectivity index (χ3v) is 7.85. The van der Waals surface area contributed by atoms with Gasteiger partial charge in [0.25, 0.3) is 0 Å². The fourth-order valence-corrected chi connectivity index (χ4v) is 5.68. The Morgan fingerprint density at radius 2 is 1.50 bits per heavy atom. The summed E-state index contributed by atoms with van der Waals surface area (Å²) < 4.78 is 0. The summed E-state index contributed by atoms with van der Waals surface area (Å²) in [5, 5.41) is 0. The Morgan fingerprint density at radius 3 is 2.13 bits per heavy atom. The molecule has 4 rings (SSSR count). The van der Waals surface area contributed by atoms with Crippen molar-refractivity contribution in [3.63, 3.8) is 0 Å². The van der Waals surface area contributed by atoms with E-state index in [0.717, 1.165) is 37.7 Å². The molecule has 3 aromatic carbocycles. The predicted molar refractivity (Wildman–Crippen MR) is 166 cm³/mol. The lowest BCUT2D eigenvalue weighted by atomic mass is 9.84. The van der Waals surface area contributed by atoms with E-state index in [1.165, 1.54) is 39.0 Å². The topological polar surface area (TPSA) is 0 Å². The minimum absolute atomic E-state index is 0.206. The van der Waals surface area contributed by atoms with Crippen LogP contribution in [0.3, 0.4) is 0 Å². The first-order valence-electron chi connectivity index (χ1n) is 14.0. The van der Waals surface area contributed by atoms with Crippen molar-refractivity contribution in [3.05, 3.63) is 167 Å². The van der Waals surface area contributed by atoms with Crippen molar-refractivity contribution in [1.29, 1.82) is 0 Å². The van der Waals surface area contributed by atoms with Crippen molar-refractivity contribution in [2.45, 2.75) is 63.7 Å². The summed E-state index contributed by atoms with van der Waals surface area (Å²) >= 11 is 0. The Morgan fingerprint density at radius 1 is 0.842 bits per heavy atom. The molecule has 0 aromatic heterocycles. The van der Waals surface area contributed by atoms with E-state index in [1.807, 2.05) is 0 Å².